The van der Waals surface area contributed by atoms with Crippen molar-refractivity contribution in [3.63, 3.8) is 0 Å². The highest BCUT2D eigenvalue weighted by Gasteiger charge is 2.15. The fourth-order valence-electron chi connectivity index (χ4n) is 2.67. The predicted molar refractivity (Wildman–Crippen MR) is 101 cm³/mol. The van der Waals surface area contributed by atoms with Gasteiger partial charge in [-0.05, 0) is 42.7 Å². The number of carboxylic acid groups (broad SMARTS) is 1. The second-order valence-electron chi connectivity index (χ2n) is 5.99. The van der Waals surface area contributed by atoms with Gasteiger partial charge >= 0.3 is 5.97 Å². The van der Waals surface area contributed by atoms with Gasteiger partial charge < -0.3 is 15.2 Å². The van der Waals surface area contributed by atoms with Crippen molar-refractivity contribution < 1.29 is 19.4 Å². The highest BCUT2D eigenvalue weighted by molar-refractivity contribution is 7.99. The van der Waals surface area contributed by atoms with Gasteiger partial charge in [-0.3, -0.25) is 4.79 Å². The number of carbonyl (C=O) groups excluding carboxylic acids is 1. The summed E-state index contributed by atoms with van der Waals surface area (Å²) in [5.41, 5.74) is 1.72. The topological polar surface area (TPSA) is 88.5 Å². The number of nitrogens with one attached hydrogen (secondary N) is 1. The number of pyridine rings is 1. The second-order valence-corrected chi connectivity index (χ2v) is 7.28. The standard InChI is InChI=1S/C19H20N2O4S/c22-18(16-5-2-6-17(21-16)19(23)24)20-14-4-1-3-13(11-14)12-26-15-7-9-25-10-8-15/h1-6,11,15H,7-10,12H2,(H,20,22)(H,23,24). The summed E-state index contributed by atoms with van der Waals surface area (Å²) < 4.78 is 5.38. The number of anilines is 1. The van der Waals surface area contributed by atoms with Crippen molar-refractivity contribution in [3.8, 4) is 0 Å². The fraction of sp³-hybridized carbons (Fsp3) is 0.316. The second kappa shape index (κ2) is 8.82. The van der Waals surface area contributed by atoms with Gasteiger partial charge in [0.1, 0.15) is 11.4 Å². The molecule has 3 rings (SSSR count). The van der Waals surface area contributed by atoms with E-state index in [9.17, 15) is 9.59 Å². The molecule has 1 aliphatic heterocycles. The Bertz CT molecular complexity index is 791. The lowest BCUT2D eigenvalue weighted by Gasteiger charge is -2.21. The van der Waals surface area contributed by atoms with Crippen molar-refractivity contribution in [2.45, 2.75) is 23.8 Å². The van der Waals surface area contributed by atoms with E-state index >= 15 is 0 Å². The molecule has 0 saturated carbocycles. The van der Waals surface area contributed by atoms with Gasteiger partial charge in [0.2, 0.25) is 0 Å². The van der Waals surface area contributed by atoms with E-state index in [2.05, 4.69) is 10.3 Å². The molecule has 2 heterocycles. The van der Waals surface area contributed by atoms with E-state index < -0.39 is 11.9 Å². The minimum absolute atomic E-state index is 0.0758. The van der Waals surface area contributed by atoms with Gasteiger partial charge in [-0.15, -0.1) is 0 Å². The van der Waals surface area contributed by atoms with Crippen LogP contribution in [0.2, 0.25) is 0 Å². The maximum Gasteiger partial charge on any atom is 0.354 e. The van der Waals surface area contributed by atoms with Crippen molar-refractivity contribution >= 4 is 29.3 Å². The molecule has 0 bridgehead atoms. The molecule has 0 aliphatic carbocycles. The number of aromatic carboxylic acids is 1. The van der Waals surface area contributed by atoms with E-state index in [1.54, 1.807) is 0 Å². The van der Waals surface area contributed by atoms with Crippen molar-refractivity contribution in [3.05, 3.63) is 59.4 Å². The summed E-state index contributed by atoms with van der Waals surface area (Å²) in [6, 6.07) is 12.0. The summed E-state index contributed by atoms with van der Waals surface area (Å²) in [5.74, 6) is -0.713. The smallest absolute Gasteiger partial charge is 0.354 e. The first-order chi connectivity index (χ1) is 12.6. The van der Waals surface area contributed by atoms with Gasteiger partial charge in [0, 0.05) is 29.9 Å². The maximum absolute atomic E-state index is 12.3. The highest BCUT2D eigenvalue weighted by atomic mass is 32.2. The van der Waals surface area contributed by atoms with Crippen LogP contribution in [0.5, 0.6) is 0 Å². The van der Waals surface area contributed by atoms with Crippen LogP contribution in [-0.4, -0.2) is 40.4 Å². The molecule has 2 N–H and O–H groups in total. The first kappa shape index (κ1) is 18.4. The molecule has 6 nitrogen and oxygen atoms in total. The number of nitrogens with zero attached hydrogens (tertiary/aromatic N) is 1. The number of thioether (sulfide) groups is 1. The summed E-state index contributed by atoms with van der Waals surface area (Å²) in [5, 5.41) is 12.4. The molecule has 2 aromatic rings. The maximum atomic E-state index is 12.3. The number of aromatic nitrogens is 1. The fourth-order valence-corrected chi connectivity index (χ4v) is 3.80. The van der Waals surface area contributed by atoms with E-state index in [0.717, 1.165) is 37.4 Å². The molecule has 1 aromatic heterocycles. The highest BCUT2D eigenvalue weighted by Crippen LogP contribution is 2.26. The van der Waals surface area contributed by atoms with Crippen molar-refractivity contribution in [2.75, 3.05) is 18.5 Å². The van der Waals surface area contributed by atoms with Crippen LogP contribution in [0.15, 0.2) is 42.5 Å². The lowest BCUT2D eigenvalue weighted by Crippen LogP contribution is -2.17. The molecule has 26 heavy (non-hydrogen) atoms. The first-order valence-corrected chi connectivity index (χ1v) is 9.46. The van der Waals surface area contributed by atoms with Gasteiger partial charge in [-0.25, -0.2) is 9.78 Å². The predicted octanol–water partition coefficient (Wildman–Crippen LogP) is 3.44. The number of rotatable bonds is 6. The molecule has 0 radical (unpaired) electrons. The molecular formula is C19H20N2O4S. The van der Waals surface area contributed by atoms with Crippen molar-refractivity contribution in [2.24, 2.45) is 0 Å². The molecule has 0 atom stereocenters. The Morgan fingerprint density at radius 1 is 1.15 bits per heavy atom. The number of amides is 1. The minimum atomic E-state index is -1.16. The molecular weight excluding hydrogens is 352 g/mol. The van der Waals surface area contributed by atoms with Crippen molar-refractivity contribution in [1.29, 1.82) is 0 Å². The summed E-state index contributed by atoms with van der Waals surface area (Å²) in [6.07, 6.45) is 2.15. The van der Waals surface area contributed by atoms with E-state index in [4.69, 9.17) is 9.84 Å². The zero-order valence-corrected chi connectivity index (χ0v) is 15.0. The number of hydrogen-bond donors (Lipinski definition) is 2. The normalized spacial score (nSPS) is 14.8. The van der Waals surface area contributed by atoms with Crippen molar-refractivity contribution in [1.82, 2.24) is 4.98 Å². The number of carbonyl (C=O) groups is 2. The Morgan fingerprint density at radius 2 is 1.88 bits per heavy atom. The largest absolute Gasteiger partial charge is 0.477 e. The van der Waals surface area contributed by atoms with E-state index in [1.807, 2.05) is 36.0 Å². The zero-order valence-electron chi connectivity index (χ0n) is 14.2. The average molecular weight is 372 g/mol. The SMILES string of the molecule is O=C(O)c1cccc(C(=O)Nc2cccc(CSC3CCOCC3)c2)n1. The minimum Gasteiger partial charge on any atom is -0.477 e. The molecule has 1 amide bonds. The van der Waals surface area contributed by atoms with Gasteiger partial charge in [-0.1, -0.05) is 18.2 Å². The van der Waals surface area contributed by atoms with Crippen LogP contribution in [0, 0.1) is 0 Å². The summed E-state index contributed by atoms with van der Waals surface area (Å²) in [4.78, 5) is 27.2. The van der Waals surface area contributed by atoms with Crippen LogP contribution in [0.4, 0.5) is 5.69 Å². The number of ether oxygens (including phenoxy) is 1. The van der Waals surface area contributed by atoms with Gasteiger partial charge in [-0.2, -0.15) is 11.8 Å². The number of hydrogen-bond acceptors (Lipinski definition) is 5. The Kier molecular flexibility index (Phi) is 6.25. The monoisotopic (exact) mass is 372 g/mol. The first-order valence-electron chi connectivity index (χ1n) is 8.42. The van der Waals surface area contributed by atoms with E-state index in [1.165, 1.54) is 18.2 Å². The molecule has 1 aliphatic rings. The molecule has 1 saturated heterocycles. The zero-order chi connectivity index (χ0) is 18.4. The Morgan fingerprint density at radius 3 is 2.65 bits per heavy atom. The van der Waals surface area contributed by atoms with Crippen LogP contribution in [0.25, 0.3) is 0 Å². The quantitative estimate of drug-likeness (QED) is 0.807. The molecule has 136 valence electrons. The van der Waals surface area contributed by atoms with Gasteiger partial charge in [0.15, 0.2) is 0 Å². The molecule has 7 heteroatoms. The van der Waals surface area contributed by atoms with Crippen LogP contribution in [0.3, 0.4) is 0 Å². The Hall–Kier alpha value is -2.38. The summed E-state index contributed by atoms with van der Waals surface area (Å²) in [6.45, 7) is 1.66. The lowest BCUT2D eigenvalue weighted by atomic mass is 10.2. The van der Waals surface area contributed by atoms with Gasteiger partial charge in [0.05, 0.1) is 0 Å². The Balaban J connectivity index is 1.61. The third-order valence-corrected chi connectivity index (χ3v) is 5.48. The van der Waals surface area contributed by atoms with Crippen LogP contribution < -0.4 is 5.32 Å². The number of benzene rings is 1. The summed E-state index contributed by atoms with van der Waals surface area (Å²) in [7, 11) is 0. The third kappa shape index (κ3) is 5.06. The Labute approximate surface area is 156 Å². The van der Waals surface area contributed by atoms with Gasteiger partial charge in [0.25, 0.3) is 5.91 Å². The molecule has 1 aromatic carbocycles. The average Bonchev–Trinajstić information content (AvgIpc) is 2.67. The summed E-state index contributed by atoms with van der Waals surface area (Å²) >= 11 is 1.91. The van der Waals surface area contributed by atoms with Crippen LogP contribution in [-0.2, 0) is 10.5 Å². The van der Waals surface area contributed by atoms with Crippen LogP contribution >= 0.6 is 11.8 Å². The van der Waals surface area contributed by atoms with E-state index in [0.29, 0.717) is 10.9 Å². The number of carboxylic acids is 1. The molecule has 0 unspecified atom stereocenters. The molecule has 0 spiro atoms. The van der Waals surface area contributed by atoms with Crippen LogP contribution in [0.1, 0.15) is 39.4 Å². The lowest BCUT2D eigenvalue weighted by molar-refractivity contribution is 0.0690. The molecule has 1 fully saturated rings. The van der Waals surface area contributed by atoms with E-state index in [-0.39, 0.29) is 11.4 Å². The third-order valence-electron chi connectivity index (χ3n) is 4.04.